The maximum absolute atomic E-state index is 8.87. The highest BCUT2D eigenvalue weighted by Gasteiger charge is 2.15. The predicted octanol–water partition coefficient (Wildman–Crippen LogP) is 1.54. The van der Waals surface area contributed by atoms with Gasteiger partial charge in [0.15, 0.2) is 0 Å². The summed E-state index contributed by atoms with van der Waals surface area (Å²) < 4.78 is 5.27. The molecule has 1 rings (SSSR count). The first-order chi connectivity index (χ1) is 7.64. The summed E-state index contributed by atoms with van der Waals surface area (Å²) in [6.45, 7) is 8.61. The average molecular weight is 225 g/mol. The lowest BCUT2D eigenvalue weighted by Crippen LogP contribution is -2.46. The largest absolute Gasteiger partial charge is 0.379 e. The quantitative estimate of drug-likeness (QED) is 0.697. The molecule has 1 heterocycles. The number of nitrogens with one attached hydrogen (secondary N) is 1. The van der Waals surface area contributed by atoms with E-state index in [1.807, 2.05) is 13.8 Å². The third kappa shape index (κ3) is 5.45. The van der Waals surface area contributed by atoms with E-state index < -0.39 is 0 Å². The summed E-state index contributed by atoms with van der Waals surface area (Å²) in [5, 5.41) is 11.1. The van der Waals surface area contributed by atoms with Crippen molar-refractivity contribution < 1.29 is 4.74 Å². The van der Waals surface area contributed by atoms with Gasteiger partial charge in [0.2, 0.25) is 0 Å². The van der Waals surface area contributed by atoms with E-state index in [1.165, 1.54) is 0 Å². The van der Waals surface area contributed by atoms with Crippen LogP contribution in [0.15, 0.2) is 0 Å². The van der Waals surface area contributed by atoms with Crippen molar-refractivity contribution in [2.75, 3.05) is 32.8 Å². The Kier molecular flexibility index (Phi) is 5.75. The van der Waals surface area contributed by atoms with E-state index in [0.717, 1.165) is 52.1 Å². The van der Waals surface area contributed by atoms with Gasteiger partial charge in [0.25, 0.3) is 0 Å². The zero-order chi connectivity index (χ0) is 11.9. The van der Waals surface area contributed by atoms with E-state index in [4.69, 9.17) is 10.00 Å². The second-order valence-electron chi connectivity index (χ2n) is 4.96. The Morgan fingerprint density at radius 1 is 1.31 bits per heavy atom. The van der Waals surface area contributed by atoms with Crippen LogP contribution in [0.5, 0.6) is 0 Å². The van der Waals surface area contributed by atoms with Gasteiger partial charge in [-0.25, -0.2) is 5.01 Å². The van der Waals surface area contributed by atoms with Crippen molar-refractivity contribution in [3.8, 4) is 6.07 Å². The molecule has 1 saturated heterocycles. The number of morpholine rings is 1. The standard InChI is InChI=1S/C12H23N3O/c1-12(2,11-13)5-3-4-6-14-15-7-9-16-10-8-15/h14H,3-10H2,1-2H3. The van der Waals surface area contributed by atoms with E-state index in [0.29, 0.717) is 0 Å². The third-order valence-electron chi connectivity index (χ3n) is 2.88. The highest BCUT2D eigenvalue weighted by molar-refractivity contribution is 4.91. The minimum atomic E-state index is -0.168. The first-order valence-corrected chi connectivity index (χ1v) is 6.11. The SMILES string of the molecule is CC(C)(C#N)CCCCNN1CCOCC1. The smallest absolute Gasteiger partial charge is 0.0683 e. The van der Waals surface area contributed by atoms with Crippen LogP contribution in [0.2, 0.25) is 0 Å². The van der Waals surface area contributed by atoms with Crippen molar-refractivity contribution in [2.24, 2.45) is 5.41 Å². The van der Waals surface area contributed by atoms with Crippen molar-refractivity contribution >= 4 is 0 Å². The highest BCUT2D eigenvalue weighted by Crippen LogP contribution is 2.21. The van der Waals surface area contributed by atoms with Gasteiger partial charge in [-0.1, -0.05) is 6.42 Å². The van der Waals surface area contributed by atoms with Crippen molar-refractivity contribution in [1.82, 2.24) is 10.4 Å². The molecule has 0 bridgehead atoms. The number of unbranched alkanes of at least 4 members (excludes halogenated alkanes) is 1. The van der Waals surface area contributed by atoms with Crippen LogP contribution in [-0.4, -0.2) is 37.9 Å². The first-order valence-electron chi connectivity index (χ1n) is 6.11. The van der Waals surface area contributed by atoms with E-state index in [1.54, 1.807) is 0 Å². The Bertz CT molecular complexity index is 229. The Morgan fingerprint density at radius 2 is 2.00 bits per heavy atom. The molecule has 1 aliphatic heterocycles. The number of hydrogen-bond acceptors (Lipinski definition) is 4. The van der Waals surface area contributed by atoms with Gasteiger partial charge in [0, 0.05) is 19.6 Å². The fourth-order valence-electron chi connectivity index (χ4n) is 1.71. The second kappa shape index (κ2) is 6.85. The molecule has 1 fully saturated rings. The van der Waals surface area contributed by atoms with Gasteiger partial charge >= 0.3 is 0 Å². The van der Waals surface area contributed by atoms with E-state index in [-0.39, 0.29) is 5.41 Å². The van der Waals surface area contributed by atoms with Gasteiger partial charge in [-0.3, -0.25) is 5.43 Å². The fourth-order valence-corrected chi connectivity index (χ4v) is 1.71. The summed E-state index contributed by atoms with van der Waals surface area (Å²) in [6, 6.07) is 2.33. The van der Waals surface area contributed by atoms with Gasteiger partial charge in [0.1, 0.15) is 0 Å². The highest BCUT2D eigenvalue weighted by atomic mass is 16.5. The summed E-state index contributed by atoms with van der Waals surface area (Å²) in [4.78, 5) is 0. The van der Waals surface area contributed by atoms with Gasteiger partial charge in [-0.05, 0) is 26.7 Å². The molecule has 92 valence electrons. The molecule has 16 heavy (non-hydrogen) atoms. The Balaban J connectivity index is 1.97. The van der Waals surface area contributed by atoms with Crippen molar-refractivity contribution in [3.05, 3.63) is 0 Å². The van der Waals surface area contributed by atoms with E-state index >= 15 is 0 Å². The normalized spacial score (nSPS) is 18.3. The molecule has 4 heteroatoms. The summed E-state index contributed by atoms with van der Waals surface area (Å²) >= 11 is 0. The molecular weight excluding hydrogens is 202 g/mol. The van der Waals surface area contributed by atoms with Crippen LogP contribution in [0.1, 0.15) is 33.1 Å². The van der Waals surface area contributed by atoms with Crippen molar-refractivity contribution in [2.45, 2.75) is 33.1 Å². The molecule has 0 amide bonds. The first kappa shape index (κ1) is 13.4. The average Bonchev–Trinajstić information content (AvgIpc) is 2.30. The molecule has 0 unspecified atom stereocenters. The lowest BCUT2D eigenvalue weighted by molar-refractivity contribution is 0.0118. The zero-order valence-corrected chi connectivity index (χ0v) is 10.5. The lowest BCUT2D eigenvalue weighted by Gasteiger charge is -2.27. The van der Waals surface area contributed by atoms with Gasteiger partial charge in [-0.15, -0.1) is 0 Å². The third-order valence-corrected chi connectivity index (χ3v) is 2.88. The van der Waals surface area contributed by atoms with Crippen LogP contribution < -0.4 is 5.43 Å². The topological polar surface area (TPSA) is 48.3 Å². The number of rotatable bonds is 6. The minimum absolute atomic E-state index is 0.168. The molecule has 0 atom stereocenters. The number of hydrogen-bond donors (Lipinski definition) is 1. The molecule has 0 saturated carbocycles. The molecule has 1 N–H and O–H groups in total. The molecule has 0 aromatic carbocycles. The molecule has 0 radical (unpaired) electrons. The molecule has 4 nitrogen and oxygen atoms in total. The fraction of sp³-hybridized carbons (Fsp3) is 0.917. The molecular formula is C12H23N3O. The minimum Gasteiger partial charge on any atom is -0.379 e. The van der Waals surface area contributed by atoms with Crippen LogP contribution in [0.3, 0.4) is 0 Å². The number of hydrazine groups is 1. The van der Waals surface area contributed by atoms with Crippen LogP contribution in [0, 0.1) is 16.7 Å². The summed E-state index contributed by atoms with van der Waals surface area (Å²) in [5.74, 6) is 0. The number of nitriles is 1. The summed E-state index contributed by atoms with van der Waals surface area (Å²) in [6.07, 6.45) is 3.22. The van der Waals surface area contributed by atoms with E-state index in [2.05, 4.69) is 16.5 Å². The van der Waals surface area contributed by atoms with Crippen molar-refractivity contribution in [1.29, 1.82) is 5.26 Å². The van der Waals surface area contributed by atoms with Gasteiger partial charge in [0.05, 0.1) is 24.7 Å². The Morgan fingerprint density at radius 3 is 2.62 bits per heavy atom. The molecule has 0 aromatic rings. The lowest BCUT2D eigenvalue weighted by atomic mass is 9.89. The van der Waals surface area contributed by atoms with Crippen molar-refractivity contribution in [3.63, 3.8) is 0 Å². The predicted molar refractivity (Wildman–Crippen MR) is 63.6 cm³/mol. The molecule has 1 aliphatic rings. The zero-order valence-electron chi connectivity index (χ0n) is 10.5. The van der Waals surface area contributed by atoms with Crippen LogP contribution in [-0.2, 0) is 4.74 Å². The monoisotopic (exact) mass is 225 g/mol. The van der Waals surface area contributed by atoms with Crippen LogP contribution in [0.25, 0.3) is 0 Å². The Labute approximate surface area is 98.5 Å². The number of nitrogens with zero attached hydrogens (tertiary/aromatic N) is 2. The van der Waals surface area contributed by atoms with Gasteiger partial charge in [-0.2, -0.15) is 5.26 Å². The maximum atomic E-state index is 8.87. The second-order valence-corrected chi connectivity index (χ2v) is 4.96. The Hall–Kier alpha value is -0.630. The summed E-state index contributed by atoms with van der Waals surface area (Å²) in [7, 11) is 0. The van der Waals surface area contributed by atoms with Crippen LogP contribution >= 0.6 is 0 Å². The van der Waals surface area contributed by atoms with Crippen LogP contribution in [0.4, 0.5) is 0 Å². The maximum Gasteiger partial charge on any atom is 0.0683 e. The molecule has 0 aliphatic carbocycles. The molecule has 0 aromatic heterocycles. The van der Waals surface area contributed by atoms with Gasteiger partial charge < -0.3 is 4.74 Å². The molecule has 0 spiro atoms. The number of ether oxygens (including phenoxy) is 1. The summed E-state index contributed by atoms with van der Waals surface area (Å²) in [5.41, 5.74) is 3.23. The van der Waals surface area contributed by atoms with E-state index in [9.17, 15) is 0 Å².